The Kier molecular flexibility index (Phi) is 2.85. The summed E-state index contributed by atoms with van der Waals surface area (Å²) in [7, 11) is 0. The fourth-order valence-corrected chi connectivity index (χ4v) is 1.32. The predicted molar refractivity (Wildman–Crippen MR) is 44.4 cm³/mol. The van der Waals surface area contributed by atoms with Gasteiger partial charge in [0.25, 0.3) is 0 Å². The minimum absolute atomic E-state index is 0.0646. The summed E-state index contributed by atoms with van der Waals surface area (Å²) in [5, 5.41) is 2.64. The summed E-state index contributed by atoms with van der Waals surface area (Å²) in [6, 6.07) is 0.117. The summed E-state index contributed by atoms with van der Waals surface area (Å²) in [6.45, 7) is 4.70. The topological polar surface area (TPSA) is 49.4 Å². The van der Waals surface area contributed by atoms with E-state index in [1.165, 1.54) is 6.08 Å². The monoisotopic (exact) mass is 168 g/mol. The summed E-state index contributed by atoms with van der Waals surface area (Å²) < 4.78 is 0. The number of nitrogens with zero attached hydrogens (tertiary/aromatic N) is 1. The molecule has 0 spiro atoms. The highest BCUT2D eigenvalue weighted by atomic mass is 16.2. The first-order valence-electron chi connectivity index (χ1n) is 3.89. The molecule has 1 fully saturated rings. The van der Waals surface area contributed by atoms with Crippen LogP contribution in [-0.4, -0.2) is 36.3 Å². The summed E-state index contributed by atoms with van der Waals surface area (Å²) in [6.07, 6.45) is 2.80. The van der Waals surface area contributed by atoms with Crippen LogP contribution in [0.4, 0.5) is 0 Å². The van der Waals surface area contributed by atoms with Crippen molar-refractivity contribution in [2.45, 2.75) is 12.5 Å². The predicted octanol–water partition coefficient (Wildman–Crippen LogP) is -0.481. The molecular formula is C8H12N2O2. The Morgan fingerprint density at radius 3 is 3.00 bits per heavy atom. The van der Waals surface area contributed by atoms with Crippen LogP contribution in [0.1, 0.15) is 6.42 Å². The second kappa shape index (κ2) is 3.90. The molecule has 1 heterocycles. The van der Waals surface area contributed by atoms with Crippen molar-refractivity contribution in [2.24, 2.45) is 0 Å². The maximum Gasteiger partial charge on any atom is 0.246 e. The van der Waals surface area contributed by atoms with Gasteiger partial charge in [0.1, 0.15) is 0 Å². The minimum Gasteiger partial charge on any atom is -0.354 e. The van der Waals surface area contributed by atoms with Crippen molar-refractivity contribution in [1.82, 2.24) is 10.2 Å². The van der Waals surface area contributed by atoms with Crippen molar-refractivity contribution in [2.75, 3.05) is 13.1 Å². The lowest BCUT2D eigenvalue weighted by atomic mass is 10.3. The van der Waals surface area contributed by atoms with Crippen LogP contribution in [-0.2, 0) is 9.59 Å². The highest BCUT2D eigenvalue weighted by Gasteiger charge is 2.23. The molecule has 1 aliphatic rings. The Morgan fingerprint density at radius 2 is 2.42 bits per heavy atom. The number of nitrogens with one attached hydrogen (secondary N) is 1. The van der Waals surface area contributed by atoms with Gasteiger partial charge in [0.2, 0.25) is 12.3 Å². The highest BCUT2D eigenvalue weighted by molar-refractivity contribution is 5.87. The van der Waals surface area contributed by atoms with Gasteiger partial charge < -0.3 is 10.2 Å². The number of rotatable bonds is 3. The van der Waals surface area contributed by atoms with E-state index < -0.39 is 0 Å². The van der Waals surface area contributed by atoms with E-state index in [-0.39, 0.29) is 11.9 Å². The third kappa shape index (κ3) is 1.84. The lowest BCUT2D eigenvalue weighted by Crippen LogP contribution is -2.33. The van der Waals surface area contributed by atoms with E-state index in [0.717, 1.165) is 6.42 Å². The number of carbonyl (C=O) groups is 2. The SMILES string of the molecule is C=CC(=O)N1CC[C@@H](NC=O)C1. The van der Waals surface area contributed by atoms with Crippen LogP contribution >= 0.6 is 0 Å². The van der Waals surface area contributed by atoms with Crippen LogP contribution in [0.15, 0.2) is 12.7 Å². The van der Waals surface area contributed by atoms with Crippen LogP contribution in [0.5, 0.6) is 0 Å². The molecule has 1 rings (SSSR count). The molecule has 1 N–H and O–H groups in total. The van der Waals surface area contributed by atoms with Gasteiger partial charge in [0.15, 0.2) is 0 Å². The van der Waals surface area contributed by atoms with Gasteiger partial charge in [-0.25, -0.2) is 0 Å². The fraction of sp³-hybridized carbons (Fsp3) is 0.500. The normalized spacial score (nSPS) is 22.0. The lowest BCUT2D eigenvalue weighted by Gasteiger charge is -2.13. The van der Waals surface area contributed by atoms with Crippen molar-refractivity contribution >= 4 is 12.3 Å². The summed E-state index contributed by atoms with van der Waals surface area (Å²) in [4.78, 5) is 22.8. The Hall–Kier alpha value is -1.32. The van der Waals surface area contributed by atoms with E-state index in [0.29, 0.717) is 19.5 Å². The van der Waals surface area contributed by atoms with E-state index in [9.17, 15) is 9.59 Å². The second-order valence-electron chi connectivity index (χ2n) is 2.76. The molecular weight excluding hydrogens is 156 g/mol. The molecule has 0 aliphatic carbocycles. The molecule has 1 saturated heterocycles. The summed E-state index contributed by atoms with van der Waals surface area (Å²) >= 11 is 0. The Bertz CT molecular complexity index is 203. The Balaban J connectivity index is 2.39. The molecule has 12 heavy (non-hydrogen) atoms. The Morgan fingerprint density at radius 1 is 1.67 bits per heavy atom. The van der Waals surface area contributed by atoms with Crippen LogP contribution in [0.2, 0.25) is 0 Å². The fourth-order valence-electron chi connectivity index (χ4n) is 1.32. The van der Waals surface area contributed by atoms with Crippen molar-refractivity contribution in [3.8, 4) is 0 Å². The summed E-state index contributed by atoms with van der Waals surface area (Å²) in [5.41, 5.74) is 0. The third-order valence-corrected chi connectivity index (χ3v) is 1.98. The van der Waals surface area contributed by atoms with Crippen molar-refractivity contribution in [1.29, 1.82) is 0 Å². The minimum atomic E-state index is -0.0646. The molecule has 0 radical (unpaired) electrons. The molecule has 0 aromatic carbocycles. The lowest BCUT2D eigenvalue weighted by molar-refractivity contribution is -0.125. The van der Waals surface area contributed by atoms with Gasteiger partial charge in [0.05, 0.1) is 0 Å². The van der Waals surface area contributed by atoms with Gasteiger partial charge in [-0.05, 0) is 12.5 Å². The van der Waals surface area contributed by atoms with Crippen molar-refractivity contribution < 1.29 is 9.59 Å². The zero-order chi connectivity index (χ0) is 8.97. The molecule has 1 atom stereocenters. The van der Waals surface area contributed by atoms with E-state index in [4.69, 9.17) is 0 Å². The molecule has 0 saturated carbocycles. The molecule has 4 nitrogen and oxygen atoms in total. The number of hydrogen-bond acceptors (Lipinski definition) is 2. The van der Waals surface area contributed by atoms with Gasteiger partial charge in [-0.2, -0.15) is 0 Å². The first-order chi connectivity index (χ1) is 5.77. The van der Waals surface area contributed by atoms with Gasteiger partial charge in [-0.3, -0.25) is 9.59 Å². The Labute approximate surface area is 71.2 Å². The van der Waals surface area contributed by atoms with E-state index in [1.54, 1.807) is 4.90 Å². The number of likely N-dealkylation sites (tertiary alicyclic amines) is 1. The van der Waals surface area contributed by atoms with Crippen LogP contribution < -0.4 is 5.32 Å². The molecule has 2 amide bonds. The van der Waals surface area contributed by atoms with Crippen LogP contribution in [0, 0.1) is 0 Å². The van der Waals surface area contributed by atoms with Gasteiger partial charge in [-0.15, -0.1) is 0 Å². The zero-order valence-corrected chi connectivity index (χ0v) is 6.82. The first kappa shape index (κ1) is 8.77. The zero-order valence-electron chi connectivity index (χ0n) is 6.82. The largest absolute Gasteiger partial charge is 0.354 e. The van der Waals surface area contributed by atoms with Crippen molar-refractivity contribution in [3.63, 3.8) is 0 Å². The smallest absolute Gasteiger partial charge is 0.246 e. The second-order valence-corrected chi connectivity index (χ2v) is 2.76. The highest BCUT2D eigenvalue weighted by Crippen LogP contribution is 2.08. The molecule has 1 aliphatic heterocycles. The molecule has 0 aromatic rings. The van der Waals surface area contributed by atoms with E-state index in [1.807, 2.05) is 0 Å². The molecule has 0 unspecified atom stereocenters. The average molecular weight is 168 g/mol. The quantitative estimate of drug-likeness (QED) is 0.457. The average Bonchev–Trinajstić information content (AvgIpc) is 2.52. The molecule has 4 heteroatoms. The van der Waals surface area contributed by atoms with Gasteiger partial charge in [0, 0.05) is 19.1 Å². The molecule has 66 valence electrons. The first-order valence-corrected chi connectivity index (χ1v) is 3.89. The number of amides is 2. The number of carbonyl (C=O) groups excluding carboxylic acids is 2. The van der Waals surface area contributed by atoms with Gasteiger partial charge in [-0.1, -0.05) is 6.58 Å². The van der Waals surface area contributed by atoms with E-state index >= 15 is 0 Å². The standard InChI is InChI=1S/C8H12N2O2/c1-2-8(12)10-4-3-7(5-10)9-6-11/h2,6-7H,1,3-5H2,(H,9,11)/t7-/m1/s1. The van der Waals surface area contributed by atoms with E-state index in [2.05, 4.69) is 11.9 Å². The van der Waals surface area contributed by atoms with Crippen LogP contribution in [0.3, 0.4) is 0 Å². The maximum atomic E-state index is 11.1. The van der Waals surface area contributed by atoms with Crippen LogP contribution in [0.25, 0.3) is 0 Å². The van der Waals surface area contributed by atoms with Crippen molar-refractivity contribution in [3.05, 3.63) is 12.7 Å². The molecule has 0 aromatic heterocycles. The number of hydrogen-bond donors (Lipinski definition) is 1. The maximum absolute atomic E-state index is 11.1. The summed E-state index contributed by atoms with van der Waals surface area (Å²) in [5.74, 6) is -0.0646. The molecule has 0 bridgehead atoms. The van der Waals surface area contributed by atoms with Gasteiger partial charge >= 0.3 is 0 Å². The third-order valence-electron chi connectivity index (χ3n) is 1.98.